The molecule has 11 heteroatoms. The molecular formula is C16H20N10O. The van der Waals surface area contributed by atoms with E-state index in [0.717, 1.165) is 25.2 Å². The highest BCUT2D eigenvalue weighted by atomic mass is 16.1. The van der Waals surface area contributed by atoms with Gasteiger partial charge in [-0.05, 0) is 12.8 Å². The van der Waals surface area contributed by atoms with Crippen molar-refractivity contribution in [3.05, 3.63) is 37.7 Å². The van der Waals surface area contributed by atoms with E-state index in [2.05, 4.69) is 40.3 Å². The van der Waals surface area contributed by atoms with E-state index >= 15 is 0 Å². The second-order valence-electron chi connectivity index (χ2n) is 6.31. The Kier molecular flexibility index (Phi) is 4.99. The van der Waals surface area contributed by atoms with Gasteiger partial charge in [-0.1, -0.05) is 0 Å². The Labute approximate surface area is 155 Å². The Balaban J connectivity index is 1.36. The highest BCUT2D eigenvalue weighted by Gasteiger charge is 2.26. The molecular weight excluding hydrogens is 348 g/mol. The van der Waals surface area contributed by atoms with Gasteiger partial charge in [0.2, 0.25) is 5.91 Å². The summed E-state index contributed by atoms with van der Waals surface area (Å²) in [7, 11) is 0. The van der Waals surface area contributed by atoms with E-state index in [1.165, 1.54) is 19.0 Å². The first-order valence-corrected chi connectivity index (χ1v) is 8.82. The Bertz CT molecular complexity index is 863. The minimum Gasteiger partial charge on any atom is -0.356 e. The zero-order chi connectivity index (χ0) is 18.5. The maximum atomic E-state index is 12.5. The number of amides is 1. The minimum absolute atomic E-state index is 0.0605. The topological polar surface area (TPSA) is 120 Å². The molecule has 0 radical (unpaired) electrons. The number of nitrogens with zero attached hydrogens (tertiary/aromatic N) is 9. The molecule has 1 amide bonds. The minimum atomic E-state index is -0.0701. The molecule has 11 nitrogen and oxygen atoms in total. The van der Waals surface area contributed by atoms with Crippen LogP contribution in [0.1, 0.15) is 12.8 Å². The first-order valence-electron chi connectivity index (χ1n) is 8.82. The van der Waals surface area contributed by atoms with Crippen molar-refractivity contribution >= 4 is 11.7 Å². The Morgan fingerprint density at radius 1 is 1.11 bits per heavy atom. The maximum absolute atomic E-state index is 12.5. The fourth-order valence-corrected chi connectivity index (χ4v) is 3.15. The number of piperidine rings is 1. The van der Waals surface area contributed by atoms with Gasteiger partial charge >= 0.3 is 0 Å². The Hall–Kier alpha value is -3.37. The molecule has 3 aromatic rings. The van der Waals surface area contributed by atoms with Gasteiger partial charge < -0.3 is 10.2 Å². The Morgan fingerprint density at radius 3 is 2.78 bits per heavy atom. The molecule has 1 saturated heterocycles. The summed E-state index contributed by atoms with van der Waals surface area (Å²) in [5, 5.41) is 11.1. The fraction of sp³-hybridized carbons (Fsp3) is 0.438. The number of anilines is 1. The van der Waals surface area contributed by atoms with Crippen molar-refractivity contribution < 1.29 is 4.79 Å². The smallest absolute Gasteiger partial charge is 0.224 e. The summed E-state index contributed by atoms with van der Waals surface area (Å²) in [4.78, 5) is 31.1. The number of carbonyl (C=O) groups excluding carboxylic acids is 1. The number of aromatic nitrogens is 8. The Morgan fingerprint density at radius 2 is 1.96 bits per heavy atom. The number of hydrogen-bond donors (Lipinski definition) is 1. The van der Waals surface area contributed by atoms with Gasteiger partial charge in [0.25, 0.3) is 0 Å². The SMILES string of the molecule is O=C(NCCn1cncn1)C1CCCN(c2cc(-n3cncn3)ncn2)C1. The highest BCUT2D eigenvalue weighted by molar-refractivity contribution is 5.79. The fourth-order valence-electron chi connectivity index (χ4n) is 3.15. The molecule has 0 bridgehead atoms. The second kappa shape index (κ2) is 7.89. The summed E-state index contributed by atoms with van der Waals surface area (Å²) in [6.45, 7) is 2.62. The first-order chi connectivity index (χ1) is 13.3. The predicted molar refractivity (Wildman–Crippen MR) is 94.9 cm³/mol. The normalized spacial score (nSPS) is 17.0. The number of carbonyl (C=O) groups is 1. The van der Waals surface area contributed by atoms with Crippen LogP contribution in [0.2, 0.25) is 0 Å². The number of rotatable bonds is 6. The third kappa shape index (κ3) is 4.07. The lowest BCUT2D eigenvalue weighted by Gasteiger charge is -2.32. The van der Waals surface area contributed by atoms with Crippen molar-refractivity contribution in [2.24, 2.45) is 5.92 Å². The third-order valence-corrected chi connectivity index (χ3v) is 4.51. The molecule has 4 rings (SSSR count). The van der Waals surface area contributed by atoms with Crippen LogP contribution in [0.3, 0.4) is 0 Å². The summed E-state index contributed by atoms with van der Waals surface area (Å²) < 4.78 is 3.28. The van der Waals surface area contributed by atoms with Crippen LogP contribution >= 0.6 is 0 Å². The predicted octanol–water partition coefficient (Wildman–Crippen LogP) is -0.318. The van der Waals surface area contributed by atoms with Gasteiger partial charge in [0.05, 0.1) is 12.5 Å². The van der Waals surface area contributed by atoms with Crippen molar-refractivity contribution in [3.8, 4) is 5.82 Å². The summed E-state index contributed by atoms with van der Waals surface area (Å²) in [6.07, 6.45) is 9.48. The van der Waals surface area contributed by atoms with Crippen molar-refractivity contribution in [2.75, 3.05) is 24.5 Å². The summed E-state index contributed by atoms with van der Waals surface area (Å²) in [5.41, 5.74) is 0. The maximum Gasteiger partial charge on any atom is 0.224 e. The van der Waals surface area contributed by atoms with Crippen LogP contribution in [0.15, 0.2) is 37.7 Å². The molecule has 1 fully saturated rings. The molecule has 1 N–H and O–H groups in total. The van der Waals surface area contributed by atoms with E-state index in [9.17, 15) is 4.79 Å². The highest BCUT2D eigenvalue weighted by Crippen LogP contribution is 2.22. The number of hydrogen-bond acceptors (Lipinski definition) is 8. The van der Waals surface area contributed by atoms with Gasteiger partial charge in [-0.25, -0.2) is 24.6 Å². The lowest BCUT2D eigenvalue weighted by atomic mass is 9.97. The van der Waals surface area contributed by atoms with Gasteiger partial charge in [-0.15, -0.1) is 0 Å². The van der Waals surface area contributed by atoms with Crippen LogP contribution < -0.4 is 10.2 Å². The molecule has 0 aliphatic carbocycles. The monoisotopic (exact) mass is 368 g/mol. The van der Waals surface area contributed by atoms with Crippen LogP contribution in [0.5, 0.6) is 0 Å². The molecule has 140 valence electrons. The lowest BCUT2D eigenvalue weighted by Crippen LogP contribution is -2.44. The molecule has 0 aromatic carbocycles. The quantitative estimate of drug-likeness (QED) is 0.629. The van der Waals surface area contributed by atoms with E-state index in [1.807, 2.05) is 6.07 Å². The van der Waals surface area contributed by atoms with Crippen molar-refractivity contribution in [1.82, 2.24) is 44.8 Å². The van der Waals surface area contributed by atoms with E-state index in [1.54, 1.807) is 22.0 Å². The van der Waals surface area contributed by atoms with Gasteiger partial charge in [0.15, 0.2) is 5.82 Å². The van der Waals surface area contributed by atoms with Gasteiger partial charge in [0.1, 0.15) is 37.5 Å². The molecule has 27 heavy (non-hydrogen) atoms. The van der Waals surface area contributed by atoms with E-state index in [4.69, 9.17) is 0 Å². The molecule has 4 heterocycles. The van der Waals surface area contributed by atoms with Crippen molar-refractivity contribution in [1.29, 1.82) is 0 Å². The number of nitrogens with one attached hydrogen (secondary N) is 1. The molecule has 1 aliphatic rings. The molecule has 0 saturated carbocycles. The average Bonchev–Trinajstić information content (AvgIpc) is 3.42. The molecule has 1 unspecified atom stereocenters. The summed E-state index contributed by atoms with van der Waals surface area (Å²) >= 11 is 0. The molecule has 1 atom stereocenters. The lowest BCUT2D eigenvalue weighted by molar-refractivity contribution is -0.125. The molecule has 1 aliphatic heterocycles. The standard InChI is InChI=1S/C16H20N10O/c27-16(19-3-5-25-11-17-8-22-25)13-2-1-4-24(7-13)14-6-15(21-10-20-14)26-12-18-9-23-26/h6,8-13H,1-5,7H2,(H,19,27). The van der Waals surface area contributed by atoms with E-state index in [-0.39, 0.29) is 11.8 Å². The van der Waals surface area contributed by atoms with Crippen LogP contribution in [-0.2, 0) is 11.3 Å². The van der Waals surface area contributed by atoms with E-state index in [0.29, 0.717) is 25.5 Å². The molecule has 3 aromatic heterocycles. The average molecular weight is 368 g/mol. The van der Waals surface area contributed by atoms with Crippen molar-refractivity contribution in [2.45, 2.75) is 19.4 Å². The van der Waals surface area contributed by atoms with Crippen LogP contribution in [0.25, 0.3) is 5.82 Å². The van der Waals surface area contributed by atoms with Gasteiger partial charge in [-0.3, -0.25) is 9.48 Å². The van der Waals surface area contributed by atoms with Gasteiger partial charge in [0, 0.05) is 25.7 Å². The zero-order valence-corrected chi connectivity index (χ0v) is 14.7. The van der Waals surface area contributed by atoms with Crippen LogP contribution in [-0.4, -0.2) is 65.0 Å². The zero-order valence-electron chi connectivity index (χ0n) is 14.7. The summed E-state index contributed by atoms with van der Waals surface area (Å²) in [5.74, 6) is 1.43. The summed E-state index contributed by atoms with van der Waals surface area (Å²) in [6, 6.07) is 1.86. The third-order valence-electron chi connectivity index (χ3n) is 4.51. The van der Waals surface area contributed by atoms with E-state index < -0.39 is 0 Å². The molecule has 0 spiro atoms. The largest absolute Gasteiger partial charge is 0.356 e. The van der Waals surface area contributed by atoms with Crippen LogP contribution in [0, 0.1) is 5.92 Å². The van der Waals surface area contributed by atoms with Gasteiger partial charge in [-0.2, -0.15) is 10.2 Å². The first kappa shape index (κ1) is 17.1. The second-order valence-corrected chi connectivity index (χ2v) is 6.31. The van der Waals surface area contributed by atoms with Crippen LogP contribution in [0.4, 0.5) is 5.82 Å². The van der Waals surface area contributed by atoms with Crippen molar-refractivity contribution in [3.63, 3.8) is 0 Å².